The van der Waals surface area contributed by atoms with Crippen molar-refractivity contribution in [1.29, 1.82) is 0 Å². The van der Waals surface area contributed by atoms with Gasteiger partial charge in [0.1, 0.15) is 23.4 Å². The summed E-state index contributed by atoms with van der Waals surface area (Å²) in [7, 11) is 0. The summed E-state index contributed by atoms with van der Waals surface area (Å²) in [6.07, 6.45) is -3.52. The molecule has 214 valence electrons. The fourth-order valence-corrected chi connectivity index (χ4v) is 5.58. The fourth-order valence-electron chi connectivity index (χ4n) is 5.58. The number of hydrogen-bond acceptors (Lipinski definition) is 7. The Bertz CT molecular complexity index is 1620. The number of anilines is 1. The molecule has 2 aliphatic heterocycles. The Kier molecular flexibility index (Phi) is 8.75. The van der Waals surface area contributed by atoms with Gasteiger partial charge in [0.15, 0.2) is 0 Å². The number of aliphatic carboxylic acids is 1. The van der Waals surface area contributed by atoms with Crippen molar-refractivity contribution in [3.8, 4) is 17.2 Å². The van der Waals surface area contributed by atoms with Crippen LogP contribution in [-0.4, -0.2) is 35.1 Å². The largest absolute Gasteiger partial charge is 1.00 e. The quantitative estimate of drug-likeness (QED) is 0.315. The Morgan fingerprint density at radius 3 is 2.76 bits per heavy atom. The summed E-state index contributed by atoms with van der Waals surface area (Å²) in [5.41, 5.74) is 5.56. The molecule has 0 saturated carbocycles. The van der Waals surface area contributed by atoms with E-state index in [0.717, 1.165) is 40.9 Å². The van der Waals surface area contributed by atoms with Crippen LogP contribution >= 0.6 is 0 Å². The molecule has 0 aliphatic carbocycles. The molecule has 2 atom stereocenters. The number of nitrogens with one attached hydrogen (secondary N) is 1. The van der Waals surface area contributed by atoms with E-state index in [1.54, 1.807) is 6.07 Å². The van der Waals surface area contributed by atoms with E-state index in [2.05, 4.69) is 10.1 Å². The van der Waals surface area contributed by atoms with Crippen LogP contribution in [0.2, 0.25) is 0 Å². The first kappa shape index (κ1) is 30.2. The molecule has 0 bridgehead atoms. The number of aromatic nitrogens is 2. The van der Waals surface area contributed by atoms with Crippen LogP contribution < -0.4 is 49.5 Å². The van der Waals surface area contributed by atoms with Crippen LogP contribution in [0.5, 0.6) is 11.5 Å². The normalized spacial score (nSPS) is 17.9. The summed E-state index contributed by atoms with van der Waals surface area (Å²) in [5, 5.41) is 14.4. The molecule has 1 saturated heterocycles. The van der Waals surface area contributed by atoms with Gasteiger partial charge < -0.3 is 29.4 Å². The summed E-state index contributed by atoms with van der Waals surface area (Å²) in [6.45, 7) is 3.39. The van der Waals surface area contributed by atoms with Crippen LogP contribution in [0.25, 0.3) is 16.7 Å². The molecule has 4 aromatic rings. The smallest absolute Gasteiger partial charge is 0.550 e. The molecule has 6 rings (SSSR count). The number of alkyl halides is 3. The number of carboxylic acids is 1. The Morgan fingerprint density at radius 2 is 2.02 bits per heavy atom. The third-order valence-electron chi connectivity index (χ3n) is 7.55. The molecule has 8 nitrogen and oxygen atoms in total. The van der Waals surface area contributed by atoms with Crippen LogP contribution in [0, 0.1) is 6.92 Å². The number of ether oxygens (including phenoxy) is 3. The van der Waals surface area contributed by atoms with Crippen LogP contribution in [0.15, 0.2) is 54.6 Å². The Balaban J connectivity index is 0.00000353. The average Bonchev–Trinajstić information content (AvgIpc) is 3.66. The number of rotatable bonds is 8. The summed E-state index contributed by atoms with van der Waals surface area (Å²) in [5.74, 6) is -0.356. The van der Waals surface area contributed by atoms with Gasteiger partial charge in [0.25, 0.3) is 0 Å². The first-order valence-corrected chi connectivity index (χ1v) is 13.4. The molecule has 3 heterocycles. The standard InChI is InChI=1S/C30H28F3N3O5.Na/c1-17-18(15-34-20-7-9-22-19(12-28(37)38)16-40-27(22)13-20)4-2-5-24(17)36-25-10-8-21(41-30(31,32)33)14-23(25)35-29(36)26-6-3-11-39-26;/h2,4-5,7-10,13-14,19,26,34H,3,6,11-12,15-16H2,1H3,(H,37,38);/q;+1/p-1/t19-,26-;/m1./s1. The van der Waals surface area contributed by atoms with Crippen molar-refractivity contribution in [3.63, 3.8) is 0 Å². The maximum Gasteiger partial charge on any atom is 1.00 e. The molecular weight excluding hydrogens is 562 g/mol. The first-order chi connectivity index (χ1) is 19.7. The number of fused-ring (bicyclic) bond motifs is 2. The number of carboxylic acid groups (broad SMARTS) is 1. The van der Waals surface area contributed by atoms with E-state index in [1.165, 1.54) is 12.1 Å². The molecule has 1 aromatic heterocycles. The van der Waals surface area contributed by atoms with Gasteiger partial charge in [-0.2, -0.15) is 0 Å². The number of nitrogens with zero attached hydrogens (tertiary/aromatic N) is 2. The summed E-state index contributed by atoms with van der Waals surface area (Å²) in [4.78, 5) is 15.7. The minimum absolute atomic E-state index is 0. The second kappa shape index (κ2) is 12.2. The minimum Gasteiger partial charge on any atom is -0.550 e. The van der Waals surface area contributed by atoms with E-state index in [-0.39, 0.29) is 53.7 Å². The van der Waals surface area contributed by atoms with Crippen molar-refractivity contribution in [2.24, 2.45) is 0 Å². The Labute approximate surface area is 262 Å². The zero-order valence-corrected chi connectivity index (χ0v) is 25.2. The van der Waals surface area contributed by atoms with Crippen molar-refractivity contribution in [2.75, 3.05) is 18.5 Å². The molecule has 12 heteroatoms. The van der Waals surface area contributed by atoms with Crippen LogP contribution in [0.1, 0.15) is 53.8 Å². The summed E-state index contributed by atoms with van der Waals surface area (Å²) >= 11 is 0. The van der Waals surface area contributed by atoms with Crippen molar-refractivity contribution >= 4 is 22.7 Å². The Morgan fingerprint density at radius 1 is 1.19 bits per heavy atom. The van der Waals surface area contributed by atoms with E-state index in [9.17, 15) is 23.1 Å². The van der Waals surface area contributed by atoms with Gasteiger partial charge in [-0.3, -0.25) is 4.57 Å². The average molecular weight is 590 g/mol. The zero-order chi connectivity index (χ0) is 28.7. The van der Waals surface area contributed by atoms with Gasteiger partial charge in [-0.05, 0) is 61.6 Å². The maximum atomic E-state index is 12.9. The first-order valence-electron chi connectivity index (χ1n) is 13.4. The van der Waals surface area contributed by atoms with Gasteiger partial charge in [-0.25, -0.2) is 4.98 Å². The molecule has 0 unspecified atom stereocenters. The van der Waals surface area contributed by atoms with Gasteiger partial charge >= 0.3 is 35.9 Å². The molecular formula is C30H27F3N3NaO5. The molecule has 3 aromatic carbocycles. The molecule has 2 aliphatic rings. The van der Waals surface area contributed by atoms with Gasteiger partial charge in [0.2, 0.25) is 0 Å². The van der Waals surface area contributed by atoms with E-state index in [4.69, 9.17) is 14.5 Å². The van der Waals surface area contributed by atoms with Crippen molar-refractivity contribution in [1.82, 2.24) is 9.55 Å². The van der Waals surface area contributed by atoms with Gasteiger partial charge in [0, 0.05) is 48.4 Å². The third kappa shape index (κ3) is 6.24. The molecule has 42 heavy (non-hydrogen) atoms. The van der Waals surface area contributed by atoms with E-state index in [0.29, 0.717) is 42.4 Å². The van der Waals surface area contributed by atoms with E-state index < -0.39 is 12.3 Å². The number of carbonyl (C=O) groups excluding carboxylic acids is 1. The third-order valence-corrected chi connectivity index (χ3v) is 7.55. The Hall–Kier alpha value is -3.25. The van der Waals surface area contributed by atoms with Crippen molar-refractivity contribution in [3.05, 3.63) is 77.1 Å². The second-order valence-electron chi connectivity index (χ2n) is 10.3. The molecule has 1 fully saturated rings. The molecule has 0 spiro atoms. The second-order valence-corrected chi connectivity index (χ2v) is 10.3. The van der Waals surface area contributed by atoms with Gasteiger partial charge in [-0.15, -0.1) is 13.2 Å². The molecule has 0 radical (unpaired) electrons. The number of benzene rings is 3. The monoisotopic (exact) mass is 589 g/mol. The van der Waals surface area contributed by atoms with Crippen LogP contribution in [0.4, 0.5) is 18.9 Å². The van der Waals surface area contributed by atoms with Crippen molar-refractivity contribution in [2.45, 2.75) is 51.1 Å². The van der Waals surface area contributed by atoms with E-state index in [1.807, 2.05) is 47.9 Å². The number of hydrogen-bond donors (Lipinski definition) is 1. The number of imidazole rings is 1. The van der Waals surface area contributed by atoms with E-state index >= 15 is 0 Å². The van der Waals surface area contributed by atoms with Crippen LogP contribution in [0.3, 0.4) is 0 Å². The predicted molar refractivity (Wildman–Crippen MR) is 142 cm³/mol. The fraction of sp³-hybridized carbons (Fsp3) is 0.333. The van der Waals surface area contributed by atoms with Gasteiger partial charge in [0.05, 0.1) is 23.3 Å². The van der Waals surface area contributed by atoms with Crippen LogP contribution in [-0.2, 0) is 16.1 Å². The topological polar surface area (TPSA) is 97.7 Å². The number of halogens is 3. The SMILES string of the molecule is Cc1c(CNc2ccc3c(c2)OC[C@H]3CC(=O)[O-])cccc1-n1c([C@H]2CCCO2)nc2cc(OC(F)(F)F)ccc21.[Na+]. The maximum absolute atomic E-state index is 12.9. The van der Waals surface area contributed by atoms with Crippen molar-refractivity contribution < 1.29 is 66.8 Å². The number of carbonyl (C=O) groups is 1. The molecule has 0 amide bonds. The summed E-state index contributed by atoms with van der Waals surface area (Å²) < 4.78 is 56.3. The molecule has 1 N–H and O–H groups in total. The predicted octanol–water partition coefficient (Wildman–Crippen LogP) is 2.32. The summed E-state index contributed by atoms with van der Waals surface area (Å²) in [6, 6.07) is 15.7. The zero-order valence-electron chi connectivity index (χ0n) is 23.2. The minimum atomic E-state index is -4.80. The van der Waals surface area contributed by atoms with Gasteiger partial charge in [-0.1, -0.05) is 18.2 Å².